The van der Waals surface area contributed by atoms with Crippen molar-refractivity contribution in [2.75, 3.05) is 0 Å². The SMILES string of the molecule is N.N.O=S(=O)(O)O.O=S(=O)(O)O.[Cu]. The molecule has 0 heterocycles. The second kappa shape index (κ2) is 10.3. The van der Waals surface area contributed by atoms with Crippen molar-refractivity contribution < 1.29 is 52.1 Å². The summed E-state index contributed by atoms with van der Waals surface area (Å²) in [6.07, 6.45) is 0. The van der Waals surface area contributed by atoms with Crippen molar-refractivity contribution in [3.8, 4) is 0 Å². The molecule has 0 rings (SSSR count). The molecule has 0 atom stereocenters. The van der Waals surface area contributed by atoms with Gasteiger partial charge in [-0.1, -0.05) is 0 Å². The molecule has 0 aromatic carbocycles. The molecule has 91 valence electrons. The van der Waals surface area contributed by atoms with E-state index in [0.29, 0.717) is 0 Å². The predicted molar refractivity (Wildman–Crippen MR) is 38.4 cm³/mol. The fourth-order valence-electron chi connectivity index (χ4n) is 0. The van der Waals surface area contributed by atoms with Crippen molar-refractivity contribution in [1.29, 1.82) is 0 Å². The zero-order valence-electron chi connectivity index (χ0n) is 5.95. The van der Waals surface area contributed by atoms with E-state index in [2.05, 4.69) is 0 Å². The molecule has 13 heavy (non-hydrogen) atoms. The van der Waals surface area contributed by atoms with Crippen LogP contribution in [0.5, 0.6) is 0 Å². The van der Waals surface area contributed by atoms with E-state index in [-0.39, 0.29) is 29.4 Å². The third-order valence-corrected chi connectivity index (χ3v) is 0. The molecule has 0 spiro atoms. The molecule has 0 saturated heterocycles. The molecular weight excluding hydrogens is 284 g/mol. The molecule has 0 fully saturated rings. The van der Waals surface area contributed by atoms with Crippen LogP contribution in [0.15, 0.2) is 0 Å². The van der Waals surface area contributed by atoms with E-state index in [1.54, 1.807) is 0 Å². The maximum absolute atomic E-state index is 8.74. The van der Waals surface area contributed by atoms with Gasteiger partial charge in [-0.3, -0.25) is 18.2 Å². The zero-order chi connectivity index (χ0) is 9.00. The molecule has 0 aromatic heterocycles. The Labute approximate surface area is 85.5 Å². The Morgan fingerprint density at radius 2 is 0.615 bits per heavy atom. The van der Waals surface area contributed by atoms with Gasteiger partial charge in [0.1, 0.15) is 0 Å². The third-order valence-electron chi connectivity index (χ3n) is 0. The number of rotatable bonds is 0. The molecule has 0 aliphatic heterocycles. The van der Waals surface area contributed by atoms with Gasteiger partial charge in [0.15, 0.2) is 0 Å². The Balaban J connectivity index is -0.0000000267. The van der Waals surface area contributed by atoms with Crippen LogP contribution in [-0.2, 0) is 37.9 Å². The topological polar surface area (TPSA) is 219 Å². The second-order valence-corrected chi connectivity index (χ2v) is 2.69. The van der Waals surface area contributed by atoms with Crippen molar-refractivity contribution >= 4 is 20.8 Å². The van der Waals surface area contributed by atoms with Crippen LogP contribution in [-0.4, -0.2) is 35.0 Å². The first-order valence-corrected chi connectivity index (χ1v) is 4.19. The van der Waals surface area contributed by atoms with E-state index in [1.807, 2.05) is 0 Å². The summed E-state index contributed by atoms with van der Waals surface area (Å²) in [6.45, 7) is 0. The summed E-state index contributed by atoms with van der Waals surface area (Å²) in [5, 5.41) is 0. The van der Waals surface area contributed by atoms with Crippen molar-refractivity contribution in [2.24, 2.45) is 0 Å². The number of hydrogen-bond donors (Lipinski definition) is 6. The second-order valence-electron chi connectivity index (χ2n) is 0.896. The van der Waals surface area contributed by atoms with Gasteiger partial charge in [-0.25, -0.2) is 0 Å². The fraction of sp³-hybridized carbons (Fsp3) is 0. The van der Waals surface area contributed by atoms with Crippen LogP contribution in [0.2, 0.25) is 0 Å². The zero-order valence-corrected chi connectivity index (χ0v) is 8.53. The Hall–Kier alpha value is 0.179. The van der Waals surface area contributed by atoms with Gasteiger partial charge in [0, 0.05) is 17.1 Å². The van der Waals surface area contributed by atoms with Crippen LogP contribution >= 0.6 is 0 Å². The molecule has 0 bridgehead atoms. The van der Waals surface area contributed by atoms with Gasteiger partial charge in [0.2, 0.25) is 0 Å². The first kappa shape index (κ1) is 29.2. The van der Waals surface area contributed by atoms with Crippen LogP contribution in [0.25, 0.3) is 0 Å². The minimum atomic E-state index is -4.67. The maximum atomic E-state index is 8.74. The van der Waals surface area contributed by atoms with Crippen molar-refractivity contribution in [3.63, 3.8) is 0 Å². The minimum absolute atomic E-state index is 0. The first-order chi connectivity index (χ1) is 4.00. The molecular formula is H10CuN2O8S2. The van der Waals surface area contributed by atoms with Crippen LogP contribution < -0.4 is 12.3 Å². The van der Waals surface area contributed by atoms with E-state index in [4.69, 9.17) is 35.0 Å². The van der Waals surface area contributed by atoms with Crippen molar-refractivity contribution in [1.82, 2.24) is 12.3 Å². The fourth-order valence-corrected chi connectivity index (χ4v) is 0. The summed E-state index contributed by atoms with van der Waals surface area (Å²) in [5.41, 5.74) is 0. The van der Waals surface area contributed by atoms with E-state index < -0.39 is 20.8 Å². The Bertz CT molecular complexity index is 217. The largest absolute Gasteiger partial charge is 0.394 e. The van der Waals surface area contributed by atoms with Crippen LogP contribution in [0.3, 0.4) is 0 Å². The van der Waals surface area contributed by atoms with E-state index in [0.717, 1.165) is 0 Å². The summed E-state index contributed by atoms with van der Waals surface area (Å²) >= 11 is 0. The minimum Gasteiger partial charge on any atom is -0.344 e. The molecule has 1 radical (unpaired) electrons. The molecule has 10 nitrogen and oxygen atoms in total. The van der Waals surface area contributed by atoms with Crippen LogP contribution in [0.1, 0.15) is 0 Å². The molecule has 13 heteroatoms. The van der Waals surface area contributed by atoms with E-state index in [1.165, 1.54) is 0 Å². The van der Waals surface area contributed by atoms with Gasteiger partial charge in [0.25, 0.3) is 0 Å². The van der Waals surface area contributed by atoms with Crippen molar-refractivity contribution in [2.45, 2.75) is 0 Å². The molecule has 10 N–H and O–H groups in total. The standard InChI is InChI=1S/Cu.2H3N.2H2O4S/c;;;2*1-5(2,3)4/h;2*1H3;2*(H2,1,2,3,4). The Kier molecular flexibility index (Phi) is 23.1. The Morgan fingerprint density at radius 3 is 0.615 bits per heavy atom. The summed E-state index contributed by atoms with van der Waals surface area (Å²) in [7, 11) is -9.33. The van der Waals surface area contributed by atoms with E-state index in [9.17, 15) is 0 Å². The molecule has 0 saturated carbocycles. The quantitative estimate of drug-likeness (QED) is 0.236. The average molecular weight is 294 g/mol. The Morgan fingerprint density at radius 1 is 0.615 bits per heavy atom. The van der Waals surface area contributed by atoms with Gasteiger partial charge in [-0.2, -0.15) is 16.8 Å². The molecule has 0 aliphatic rings. The van der Waals surface area contributed by atoms with Gasteiger partial charge >= 0.3 is 20.8 Å². The number of hydrogen-bond acceptors (Lipinski definition) is 6. The van der Waals surface area contributed by atoms with Gasteiger partial charge in [-0.05, 0) is 0 Å². The van der Waals surface area contributed by atoms with Gasteiger partial charge in [-0.15, -0.1) is 0 Å². The summed E-state index contributed by atoms with van der Waals surface area (Å²) in [4.78, 5) is 0. The van der Waals surface area contributed by atoms with Crippen molar-refractivity contribution in [3.05, 3.63) is 0 Å². The van der Waals surface area contributed by atoms with Crippen LogP contribution in [0.4, 0.5) is 0 Å². The maximum Gasteiger partial charge on any atom is 0.394 e. The molecule has 0 aliphatic carbocycles. The molecule has 0 amide bonds. The molecule has 0 unspecified atom stereocenters. The molecule has 0 aromatic rings. The van der Waals surface area contributed by atoms with Gasteiger partial charge < -0.3 is 12.3 Å². The average Bonchev–Trinajstić information content (AvgIpc) is 1.12. The van der Waals surface area contributed by atoms with Gasteiger partial charge in [0.05, 0.1) is 0 Å². The first-order valence-electron chi connectivity index (χ1n) is 1.40. The normalized spacial score (nSPS) is 8.92. The summed E-state index contributed by atoms with van der Waals surface area (Å²) < 4.78 is 63.2. The van der Waals surface area contributed by atoms with E-state index >= 15 is 0 Å². The monoisotopic (exact) mass is 293 g/mol. The summed E-state index contributed by atoms with van der Waals surface area (Å²) in [5.74, 6) is 0. The summed E-state index contributed by atoms with van der Waals surface area (Å²) in [6, 6.07) is 0. The van der Waals surface area contributed by atoms with Crippen LogP contribution in [0, 0.1) is 0 Å². The third kappa shape index (κ3) is 39200. The predicted octanol–water partition coefficient (Wildman–Crippen LogP) is -0.984. The smallest absolute Gasteiger partial charge is 0.344 e.